The van der Waals surface area contributed by atoms with Gasteiger partial charge in [-0.2, -0.15) is 0 Å². The molecule has 0 aliphatic carbocycles. The average molecular weight is 463 g/mol. The predicted octanol–water partition coefficient (Wildman–Crippen LogP) is 6.12. The second-order valence-corrected chi connectivity index (χ2v) is 9.45. The second-order valence-electron chi connectivity index (χ2n) is 9.45. The van der Waals surface area contributed by atoms with Gasteiger partial charge in [0, 0.05) is 11.8 Å². The van der Waals surface area contributed by atoms with Crippen molar-refractivity contribution in [2.75, 3.05) is 13.2 Å². The third-order valence-electron chi connectivity index (χ3n) is 7.00. The molecular formula is C30H38O4. The largest absolute Gasteiger partial charge is 0.375 e. The van der Waals surface area contributed by atoms with Gasteiger partial charge in [0.25, 0.3) is 0 Å². The number of hydrogen-bond acceptors (Lipinski definition) is 4. The maximum absolute atomic E-state index is 6.31. The molecule has 4 heteroatoms. The summed E-state index contributed by atoms with van der Waals surface area (Å²) in [5.74, 6) is 0.709. The normalized spacial score (nSPS) is 26.2. The third-order valence-corrected chi connectivity index (χ3v) is 7.00. The van der Waals surface area contributed by atoms with Gasteiger partial charge < -0.3 is 18.9 Å². The maximum Gasteiger partial charge on any atom is 0.0841 e. The van der Waals surface area contributed by atoms with Crippen molar-refractivity contribution >= 4 is 0 Å². The van der Waals surface area contributed by atoms with Gasteiger partial charge in [-0.15, -0.1) is 13.2 Å². The van der Waals surface area contributed by atoms with Crippen LogP contribution >= 0.6 is 0 Å². The van der Waals surface area contributed by atoms with E-state index in [1.807, 2.05) is 48.6 Å². The van der Waals surface area contributed by atoms with Gasteiger partial charge in [0.05, 0.1) is 50.8 Å². The number of benzene rings is 2. The average Bonchev–Trinajstić information content (AvgIpc) is 3.56. The summed E-state index contributed by atoms with van der Waals surface area (Å²) in [5, 5.41) is 0. The van der Waals surface area contributed by atoms with E-state index < -0.39 is 0 Å². The van der Waals surface area contributed by atoms with Crippen molar-refractivity contribution in [2.24, 2.45) is 11.8 Å². The molecule has 0 N–H and O–H groups in total. The van der Waals surface area contributed by atoms with E-state index in [4.69, 9.17) is 18.9 Å². The molecule has 6 atom stereocenters. The standard InChI is InChI=1S/C30H38O4/c1-3-11-27(31-19-23-13-7-5-8-14-23)25-17-29(33-21-25)30-18-26(22-34-30)28(12-4-2)32-20-24-15-9-6-10-16-24/h3-10,13-16,25-30H,1-2,11-12,17-22H2/t25-,26-,27-,28+,29+,30-/m0/s1. The Bertz CT molecular complexity index is 794. The first kappa shape index (κ1) is 24.9. The van der Waals surface area contributed by atoms with E-state index >= 15 is 0 Å². The van der Waals surface area contributed by atoms with E-state index in [0.717, 1.165) is 25.7 Å². The fraction of sp³-hybridized carbons (Fsp3) is 0.467. The van der Waals surface area contributed by atoms with Crippen LogP contribution in [0.1, 0.15) is 36.8 Å². The molecule has 182 valence electrons. The molecule has 0 bridgehead atoms. The fourth-order valence-corrected chi connectivity index (χ4v) is 5.08. The first-order chi connectivity index (χ1) is 16.8. The predicted molar refractivity (Wildman–Crippen MR) is 135 cm³/mol. The highest BCUT2D eigenvalue weighted by molar-refractivity contribution is 5.14. The summed E-state index contributed by atoms with van der Waals surface area (Å²) in [6.45, 7) is 10.5. The van der Waals surface area contributed by atoms with Crippen LogP contribution in [0.15, 0.2) is 86.0 Å². The molecule has 0 aromatic heterocycles. The van der Waals surface area contributed by atoms with Crippen molar-refractivity contribution in [3.63, 3.8) is 0 Å². The Morgan fingerprint density at radius 1 is 0.706 bits per heavy atom. The van der Waals surface area contributed by atoms with Crippen molar-refractivity contribution in [3.8, 4) is 0 Å². The van der Waals surface area contributed by atoms with Crippen LogP contribution in [0.5, 0.6) is 0 Å². The molecule has 34 heavy (non-hydrogen) atoms. The van der Waals surface area contributed by atoms with E-state index in [9.17, 15) is 0 Å². The van der Waals surface area contributed by atoms with Crippen molar-refractivity contribution in [2.45, 2.75) is 63.3 Å². The number of hydrogen-bond donors (Lipinski definition) is 0. The van der Waals surface area contributed by atoms with Crippen LogP contribution in [0.3, 0.4) is 0 Å². The van der Waals surface area contributed by atoms with E-state index in [1.165, 1.54) is 11.1 Å². The van der Waals surface area contributed by atoms with Crippen LogP contribution in [0.4, 0.5) is 0 Å². The molecule has 0 spiro atoms. The lowest BCUT2D eigenvalue weighted by molar-refractivity contribution is -0.0246. The lowest BCUT2D eigenvalue weighted by Gasteiger charge is -2.23. The van der Waals surface area contributed by atoms with Gasteiger partial charge in [0.2, 0.25) is 0 Å². The van der Waals surface area contributed by atoms with Gasteiger partial charge in [-0.05, 0) is 36.8 Å². The molecule has 0 amide bonds. The minimum Gasteiger partial charge on any atom is -0.375 e. The van der Waals surface area contributed by atoms with Gasteiger partial charge in [0.1, 0.15) is 0 Å². The molecule has 2 aromatic carbocycles. The van der Waals surface area contributed by atoms with Crippen LogP contribution < -0.4 is 0 Å². The molecule has 0 radical (unpaired) electrons. The number of rotatable bonds is 13. The zero-order chi connectivity index (χ0) is 23.6. The van der Waals surface area contributed by atoms with Crippen LogP contribution in [-0.2, 0) is 32.2 Å². The Balaban J connectivity index is 1.28. The Morgan fingerprint density at radius 2 is 1.12 bits per heavy atom. The molecule has 2 saturated heterocycles. The molecule has 2 fully saturated rings. The van der Waals surface area contributed by atoms with Crippen molar-refractivity contribution in [1.29, 1.82) is 0 Å². The first-order valence-electron chi connectivity index (χ1n) is 12.5. The third kappa shape index (κ3) is 6.89. The van der Waals surface area contributed by atoms with Crippen LogP contribution in [0.2, 0.25) is 0 Å². The fourth-order valence-electron chi connectivity index (χ4n) is 5.08. The number of ether oxygens (including phenoxy) is 4. The molecular weight excluding hydrogens is 424 g/mol. The second kappa shape index (κ2) is 13.0. The van der Waals surface area contributed by atoms with Crippen molar-refractivity contribution in [3.05, 3.63) is 97.1 Å². The Kier molecular flexibility index (Phi) is 9.52. The van der Waals surface area contributed by atoms with Gasteiger partial charge in [0.15, 0.2) is 0 Å². The Labute approximate surface area is 204 Å². The summed E-state index contributed by atoms with van der Waals surface area (Å²) in [6, 6.07) is 20.7. The smallest absolute Gasteiger partial charge is 0.0841 e. The molecule has 2 aromatic rings. The zero-order valence-electron chi connectivity index (χ0n) is 20.1. The molecule has 2 aliphatic heterocycles. The summed E-state index contributed by atoms with van der Waals surface area (Å²) in [7, 11) is 0. The molecule has 4 nitrogen and oxygen atoms in total. The zero-order valence-corrected chi connectivity index (χ0v) is 20.1. The van der Waals surface area contributed by atoms with Crippen molar-refractivity contribution < 1.29 is 18.9 Å². The molecule has 2 aliphatic rings. The molecule has 0 saturated carbocycles. The Hall–Kier alpha value is -2.24. The van der Waals surface area contributed by atoms with Gasteiger partial charge >= 0.3 is 0 Å². The van der Waals surface area contributed by atoms with Crippen molar-refractivity contribution in [1.82, 2.24) is 0 Å². The van der Waals surface area contributed by atoms with Gasteiger partial charge in [-0.3, -0.25) is 0 Å². The molecule has 0 unspecified atom stereocenters. The van der Waals surface area contributed by atoms with E-state index in [1.54, 1.807) is 0 Å². The molecule has 2 heterocycles. The minimum atomic E-state index is 0.112. The summed E-state index contributed by atoms with van der Waals surface area (Å²) in [4.78, 5) is 0. The van der Waals surface area contributed by atoms with Crippen LogP contribution in [0.25, 0.3) is 0 Å². The Morgan fingerprint density at radius 3 is 1.50 bits per heavy atom. The lowest BCUT2D eigenvalue weighted by atomic mass is 9.91. The summed E-state index contributed by atoms with van der Waals surface area (Å²) in [5.41, 5.74) is 2.38. The maximum atomic E-state index is 6.31. The topological polar surface area (TPSA) is 36.9 Å². The quantitative estimate of drug-likeness (QED) is 0.336. The highest BCUT2D eigenvalue weighted by Crippen LogP contribution is 2.36. The minimum absolute atomic E-state index is 0.112. The van der Waals surface area contributed by atoms with Gasteiger partial charge in [-0.1, -0.05) is 72.8 Å². The van der Waals surface area contributed by atoms with Crippen LogP contribution in [-0.4, -0.2) is 37.6 Å². The monoisotopic (exact) mass is 462 g/mol. The highest BCUT2D eigenvalue weighted by Gasteiger charge is 2.41. The first-order valence-corrected chi connectivity index (χ1v) is 12.5. The molecule has 4 rings (SSSR count). The van der Waals surface area contributed by atoms with E-state index in [0.29, 0.717) is 38.3 Å². The van der Waals surface area contributed by atoms with Gasteiger partial charge in [-0.25, -0.2) is 0 Å². The van der Waals surface area contributed by atoms with Crippen LogP contribution in [0, 0.1) is 11.8 Å². The van der Waals surface area contributed by atoms with E-state index in [2.05, 4.69) is 37.4 Å². The summed E-state index contributed by atoms with van der Waals surface area (Å²) >= 11 is 0. The van der Waals surface area contributed by atoms with E-state index in [-0.39, 0.29) is 24.4 Å². The summed E-state index contributed by atoms with van der Waals surface area (Å²) < 4.78 is 25.1. The lowest BCUT2D eigenvalue weighted by Crippen LogP contribution is -2.28. The highest BCUT2D eigenvalue weighted by atomic mass is 16.6. The SMILES string of the molecule is C=CC[C@H](OCc1ccccc1)[C@@H]1CO[C@@H]([C@@H]2C[C@H]([C@@H](CC=C)OCc3ccccc3)CO2)C1. The summed E-state index contributed by atoms with van der Waals surface area (Å²) in [6.07, 6.45) is 7.94.